The second-order valence-corrected chi connectivity index (χ2v) is 5.59. The van der Waals surface area contributed by atoms with Crippen LogP contribution < -0.4 is 5.32 Å². The monoisotopic (exact) mass is 218 g/mol. The third kappa shape index (κ3) is 5.02. The van der Waals surface area contributed by atoms with Crippen LogP contribution >= 0.6 is 0 Å². The molecule has 0 heterocycles. The summed E-state index contributed by atoms with van der Waals surface area (Å²) in [5, 5.41) is 12.2. The molecule has 0 unspecified atom stereocenters. The van der Waals surface area contributed by atoms with Crippen molar-refractivity contribution in [2.24, 2.45) is 5.41 Å². The Labute approximate surface area is 99.0 Å². The van der Waals surface area contributed by atoms with Gasteiger partial charge in [-0.15, -0.1) is 0 Å². The molecule has 0 bridgehead atoms. The van der Waals surface area contributed by atoms with E-state index in [1.165, 1.54) is 18.5 Å². The highest BCUT2D eigenvalue weighted by molar-refractivity contribution is 5.31. The van der Waals surface area contributed by atoms with Crippen LogP contribution in [0.5, 0.6) is 0 Å². The first-order chi connectivity index (χ1) is 7.51. The molecule has 1 aliphatic carbocycles. The quantitative estimate of drug-likeness (QED) is 0.733. The Hall–Kier alpha value is -1.23. The highest BCUT2D eigenvalue weighted by Gasteiger charge is 2.09. The number of nitrogens with one attached hydrogen (secondary N) is 1. The SMILES string of the molecule is CC(C)(C)CCCNC1=CC=C(C#N)CC1. The van der Waals surface area contributed by atoms with Gasteiger partial charge in [0.1, 0.15) is 0 Å². The van der Waals surface area contributed by atoms with Crippen LogP contribution in [0.25, 0.3) is 0 Å². The number of nitrogens with zero attached hydrogens (tertiary/aromatic N) is 1. The summed E-state index contributed by atoms with van der Waals surface area (Å²) in [6, 6.07) is 2.20. The maximum atomic E-state index is 8.71. The van der Waals surface area contributed by atoms with Gasteiger partial charge in [0, 0.05) is 17.8 Å². The Morgan fingerprint density at radius 3 is 2.56 bits per heavy atom. The Morgan fingerprint density at radius 1 is 1.31 bits per heavy atom. The molecule has 0 aliphatic heterocycles. The number of hydrogen-bond acceptors (Lipinski definition) is 2. The van der Waals surface area contributed by atoms with Crippen molar-refractivity contribution in [3.05, 3.63) is 23.4 Å². The predicted octanol–water partition coefficient (Wildman–Crippen LogP) is 3.53. The molecule has 0 aromatic rings. The van der Waals surface area contributed by atoms with E-state index in [9.17, 15) is 0 Å². The van der Waals surface area contributed by atoms with E-state index < -0.39 is 0 Å². The van der Waals surface area contributed by atoms with Gasteiger partial charge in [-0.3, -0.25) is 0 Å². The topological polar surface area (TPSA) is 35.8 Å². The van der Waals surface area contributed by atoms with Gasteiger partial charge in [0.05, 0.1) is 6.07 Å². The lowest BCUT2D eigenvalue weighted by atomic mass is 9.90. The van der Waals surface area contributed by atoms with E-state index in [4.69, 9.17) is 5.26 Å². The lowest BCUT2D eigenvalue weighted by molar-refractivity contribution is 0.363. The largest absolute Gasteiger partial charge is 0.388 e. The Bertz CT molecular complexity index is 324. The summed E-state index contributed by atoms with van der Waals surface area (Å²) in [6.45, 7) is 7.86. The molecule has 0 fully saturated rings. The molecule has 0 atom stereocenters. The molecular formula is C14H22N2. The third-order valence-electron chi connectivity index (χ3n) is 2.75. The van der Waals surface area contributed by atoms with E-state index in [-0.39, 0.29) is 0 Å². The number of rotatable bonds is 4. The molecule has 0 aromatic heterocycles. The van der Waals surface area contributed by atoms with E-state index in [0.29, 0.717) is 5.41 Å². The number of allylic oxidation sites excluding steroid dienone is 4. The van der Waals surface area contributed by atoms with Crippen LogP contribution in [-0.4, -0.2) is 6.54 Å². The van der Waals surface area contributed by atoms with Gasteiger partial charge in [0.25, 0.3) is 0 Å². The zero-order valence-electron chi connectivity index (χ0n) is 10.6. The summed E-state index contributed by atoms with van der Waals surface area (Å²) in [4.78, 5) is 0. The van der Waals surface area contributed by atoms with Crippen LogP contribution in [0.3, 0.4) is 0 Å². The smallest absolute Gasteiger partial charge is 0.0947 e. The maximum absolute atomic E-state index is 8.71. The number of nitriles is 1. The molecule has 0 saturated carbocycles. The van der Waals surface area contributed by atoms with Gasteiger partial charge >= 0.3 is 0 Å². The van der Waals surface area contributed by atoms with E-state index in [2.05, 4.69) is 32.2 Å². The summed E-state index contributed by atoms with van der Waals surface area (Å²) in [5.74, 6) is 0. The molecule has 16 heavy (non-hydrogen) atoms. The van der Waals surface area contributed by atoms with Gasteiger partial charge in [-0.05, 0) is 43.3 Å². The van der Waals surface area contributed by atoms with Crippen molar-refractivity contribution in [3.63, 3.8) is 0 Å². The highest BCUT2D eigenvalue weighted by Crippen LogP contribution is 2.20. The molecular weight excluding hydrogens is 196 g/mol. The summed E-state index contributed by atoms with van der Waals surface area (Å²) in [5.41, 5.74) is 2.59. The minimum Gasteiger partial charge on any atom is -0.388 e. The van der Waals surface area contributed by atoms with Crippen molar-refractivity contribution in [1.29, 1.82) is 5.26 Å². The van der Waals surface area contributed by atoms with Crippen molar-refractivity contribution in [2.75, 3.05) is 6.54 Å². The average Bonchev–Trinajstić information content (AvgIpc) is 2.24. The van der Waals surface area contributed by atoms with Crippen LogP contribution in [0.1, 0.15) is 46.5 Å². The molecule has 1 N–H and O–H groups in total. The summed E-state index contributed by atoms with van der Waals surface area (Å²) >= 11 is 0. The van der Waals surface area contributed by atoms with Crippen LogP contribution in [0.15, 0.2) is 23.4 Å². The molecule has 1 rings (SSSR count). The lowest BCUT2D eigenvalue weighted by Gasteiger charge is -2.19. The van der Waals surface area contributed by atoms with Crippen molar-refractivity contribution in [3.8, 4) is 6.07 Å². The standard InChI is InChI=1S/C14H22N2/c1-14(2,3)9-4-10-16-13-7-5-12(11-15)6-8-13/h5,7,16H,4,6,8-10H2,1-3H3. The van der Waals surface area contributed by atoms with Crippen molar-refractivity contribution in [1.82, 2.24) is 5.32 Å². The van der Waals surface area contributed by atoms with Gasteiger partial charge in [-0.2, -0.15) is 5.26 Å². The summed E-state index contributed by atoms with van der Waals surface area (Å²) < 4.78 is 0. The normalized spacial score (nSPS) is 16.1. The molecule has 1 aliphatic rings. The first-order valence-electron chi connectivity index (χ1n) is 6.05. The predicted molar refractivity (Wildman–Crippen MR) is 67.7 cm³/mol. The third-order valence-corrected chi connectivity index (χ3v) is 2.75. The lowest BCUT2D eigenvalue weighted by Crippen LogP contribution is -2.18. The molecule has 0 spiro atoms. The highest BCUT2D eigenvalue weighted by atomic mass is 14.9. The average molecular weight is 218 g/mol. The van der Waals surface area contributed by atoms with E-state index >= 15 is 0 Å². The summed E-state index contributed by atoms with van der Waals surface area (Å²) in [7, 11) is 0. The fourth-order valence-electron chi connectivity index (χ4n) is 1.75. The van der Waals surface area contributed by atoms with Crippen molar-refractivity contribution >= 4 is 0 Å². The molecule has 0 amide bonds. The molecule has 0 aromatic carbocycles. The maximum Gasteiger partial charge on any atom is 0.0947 e. The molecule has 0 saturated heterocycles. The second kappa shape index (κ2) is 5.75. The Balaban J connectivity index is 2.23. The Kier molecular flexibility index (Phi) is 4.61. The van der Waals surface area contributed by atoms with Crippen LogP contribution in [-0.2, 0) is 0 Å². The fourth-order valence-corrected chi connectivity index (χ4v) is 1.75. The van der Waals surface area contributed by atoms with E-state index in [1.54, 1.807) is 0 Å². The second-order valence-electron chi connectivity index (χ2n) is 5.59. The first-order valence-corrected chi connectivity index (χ1v) is 6.05. The van der Waals surface area contributed by atoms with Crippen LogP contribution in [0.4, 0.5) is 0 Å². The van der Waals surface area contributed by atoms with Gasteiger partial charge in [0.15, 0.2) is 0 Å². The first kappa shape index (κ1) is 12.8. The van der Waals surface area contributed by atoms with Crippen molar-refractivity contribution < 1.29 is 0 Å². The summed E-state index contributed by atoms with van der Waals surface area (Å²) in [6.07, 6.45) is 8.28. The Morgan fingerprint density at radius 2 is 2.06 bits per heavy atom. The zero-order valence-corrected chi connectivity index (χ0v) is 10.6. The van der Waals surface area contributed by atoms with Crippen LogP contribution in [0, 0.1) is 16.7 Å². The van der Waals surface area contributed by atoms with E-state index in [0.717, 1.165) is 25.0 Å². The fraction of sp³-hybridized carbons (Fsp3) is 0.643. The molecule has 88 valence electrons. The van der Waals surface area contributed by atoms with E-state index in [1.807, 2.05) is 12.2 Å². The number of hydrogen-bond donors (Lipinski definition) is 1. The minimum absolute atomic E-state index is 0.427. The van der Waals surface area contributed by atoms with Gasteiger partial charge in [0.2, 0.25) is 0 Å². The van der Waals surface area contributed by atoms with Crippen LogP contribution in [0.2, 0.25) is 0 Å². The minimum atomic E-state index is 0.427. The van der Waals surface area contributed by atoms with Crippen molar-refractivity contribution in [2.45, 2.75) is 46.5 Å². The zero-order chi connectivity index (χ0) is 12.0. The van der Waals surface area contributed by atoms with Gasteiger partial charge < -0.3 is 5.32 Å². The van der Waals surface area contributed by atoms with Gasteiger partial charge in [-0.1, -0.05) is 20.8 Å². The molecule has 2 nitrogen and oxygen atoms in total. The molecule has 0 radical (unpaired) electrons. The van der Waals surface area contributed by atoms with Gasteiger partial charge in [-0.25, -0.2) is 0 Å². The molecule has 2 heteroatoms.